The van der Waals surface area contributed by atoms with Crippen molar-refractivity contribution in [3.8, 4) is 11.1 Å². The van der Waals surface area contributed by atoms with Gasteiger partial charge in [-0.15, -0.1) is 0 Å². The number of nitrogens with one attached hydrogen (secondary N) is 2. The molecule has 0 spiro atoms. The Balaban J connectivity index is 1.62. The molecule has 1 aliphatic carbocycles. The van der Waals surface area contributed by atoms with E-state index in [0.717, 1.165) is 22.3 Å². The van der Waals surface area contributed by atoms with Crippen molar-refractivity contribution in [2.24, 2.45) is 5.92 Å². The summed E-state index contributed by atoms with van der Waals surface area (Å²) in [6.07, 6.45) is 1.35. The fourth-order valence-corrected chi connectivity index (χ4v) is 4.37. The molecule has 0 saturated heterocycles. The molecule has 2 atom stereocenters. The molecule has 3 N–H and O–H groups in total. The van der Waals surface area contributed by atoms with Crippen LogP contribution in [0.4, 0.5) is 4.79 Å². The van der Waals surface area contributed by atoms with Gasteiger partial charge in [0.1, 0.15) is 18.7 Å². The van der Waals surface area contributed by atoms with Gasteiger partial charge in [0.15, 0.2) is 0 Å². The zero-order valence-electron chi connectivity index (χ0n) is 20.0. The molecule has 2 unspecified atom stereocenters. The fraction of sp³-hybridized carbons (Fsp3) is 0.444. The Morgan fingerprint density at radius 2 is 1.47 bits per heavy atom. The van der Waals surface area contributed by atoms with Crippen LogP contribution in [0.2, 0.25) is 0 Å². The average molecular weight is 467 g/mol. The van der Waals surface area contributed by atoms with Crippen LogP contribution in [0.3, 0.4) is 0 Å². The number of aliphatic carboxylic acids is 1. The Morgan fingerprint density at radius 3 is 2.00 bits per heavy atom. The van der Waals surface area contributed by atoms with Crippen molar-refractivity contribution in [3.63, 3.8) is 0 Å². The second-order valence-corrected chi connectivity index (χ2v) is 9.18. The smallest absolute Gasteiger partial charge is 0.407 e. The third kappa shape index (κ3) is 6.16. The number of hydrogen-bond acceptors (Lipinski definition) is 4. The number of amides is 2. The van der Waals surface area contributed by atoms with E-state index in [1.807, 2.05) is 57.2 Å². The third-order valence-electron chi connectivity index (χ3n) is 6.18. The van der Waals surface area contributed by atoms with Crippen molar-refractivity contribution in [2.75, 3.05) is 6.61 Å². The molecular weight excluding hydrogens is 432 g/mol. The van der Waals surface area contributed by atoms with E-state index in [2.05, 4.69) is 22.8 Å². The van der Waals surface area contributed by atoms with E-state index in [4.69, 9.17) is 4.74 Å². The first-order valence-corrected chi connectivity index (χ1v) is 12.0. The van der Waals surface area contributed by atoms with Crippen LogP contribution in [-0.4, -0.2) is 41.8 Å². The van der Waals surface area contributed by atoms with E-state index in [1.165, 1.54) is 0 Å². The van der Waals surface area contributed by atoms with E-state index < -0.39 is 30.1 Å². The minimum absolute atomic E-state index is 0.0796. The normalized spacial score (nSPS) is 14.1. The summed E-state index contributed by atoms with van der Waals surface area (Å²) in [5.74, 6) is -1.34. The number of benzene rings is 2. The van der Waals surface area contributed by atoms with Gasteiger partial charge in [0, 0.05) is 5.92 Å². The highest BCUT2D eigenvalue weighted by Gasteiger charge is 2.30. The molecule has 1 aliphatic rings. The lowest BCUT2D eigenvalue weighted by Gasteiger charge is -2.22. The van der Waals surface area contributed by atoms with Crippen molar-refractivity contribution >= 4 is 18.0 Å². The molecule has 2 aromatic rings. The maximum atomic E-state index is 12.8. The van der Waals surface area contributed by atoms with Gasteiger partial charge in [-0.25, -0.2) is 9.59 Å². The van der Waals surface area contributed by atoms with Crippen molar-refractivity contribution < 1.29 is 24.2 Å². The maximum absolute atomic E-state index is 12.8. The predicted molar refractivity (Wildman–Crippen MR) is 131 cm³/mol. The molecule has 3 rings (SSSR count). The van der Waals surface area contributed by atoms with E-state index in [1.54, 1.807) is 0 Å². The first kappa shape index (κ1) is 25.3. The van der Waals surface area contributed by atoms with Gasteiger partial charge in [0.25, 0.3) is 0 Å². The largest absolute Gasteiger partial charge is 0.480 e. The van der Waals surface area contributed by atoms with E-state index >= 15 is 0 Å². The van der Waals surface area contributed by atoms with E-state index in [9.17, 15) is 19.5 Å². The van der Waals surface area contributed by atoms with Crippen LogP contribution < -0.4 is 10.6 Å². The van der Waals surface area contributed by atoms with Gasteiger partial charge in [0.05, 0.1) is 0 Å². The number of hydrogen-bond donors (Lipinski definition) is 3. The summed E-state index contributed by atoms with van der Waals surface area (Å²) in [4.78, 5) is 37.0. The Kier molecular flexibility index (Phi) is 8.68. The van der Waals surface area contributed by atoms with Crippen LogP contribution in [0, 0.1) is 5.92 Å². The summed E-state index contributed by atoms with van der Waals surface area (Å²) in [6, 6.07) is 14.3. The second-order valence-electron chi connectivity index (χ2n) is 9.18. The molecule has 182 valence electrons. The molecule has 0 aliphatic heterocycles. The second kappa shape index (κ2) is 11.7. The van der Waals surface area contributed by atoms with Gasteiger partial charge in [-0.3, -0.25) is 4.79 Å². The molecule has 2 aromatic carbocycles. The summed E-state index contributed by atoms with van der Waals surface area (Å²) >= 11 is 0. The average Bonchev–Trinajstić information content (AvgIpc) is 3.13. The highest BCUT2D eigenvalue weighted by molar-refractivity contribution is 5.89. The topological polar surface area (TPSA) is 105 Å². The summed E-state index contributed by atoms with van der Waals surface area (Å²) in [5, 5.41) is 14.7. The molecule has 0 radical (unpaired) electrons. The number of carbonyl (C=O) groups is 3. The maximum Gasteiger partial charge on any atom is 0.407 e. The SMILES string of the molecule is CCCC(NC(=O)OCC1c2ccccc2-c2ccccc21)C(=O)NC(CCC(C)C)C(=O)O. The quantitative estimate of drug-likeness (QED) is 0.445. The fourth-order valence-electron chi connectivity index (χ4n) is 4.37. The summed E-state index contributed by atoms with van der Waals surface area (Å²) < 4.78 is 5.55. The van der Waals surface area contributed by atoms with E-state index in [0.29, 0.717) is 31.6 Å². The van der Waals surface area contributed by atoms with E-state index in [-0.39, 0.29) is 12.5 Å². The molecule has 7 heteroatoms. The molecule has 0 bridgehead atoms. The minimum Gasteiger partial charge on any atom is -0.480 e. The number of ether oxygens (including phenoxy) is 1. The first-order chi connectivity index (χ1) is 16.3. The lowest BCUT2D eigenvalue weighted by Crippen LogP contribution is -2.51. The van der Waals surface area contributed by atoms with Crippen LogP contribution in [0.25, 0.3) is 11.1 Å². The van der Waals surface area contributed by atoms with Crippen molar-refractivity contribution in [1.82, 2.24) is 10.6 Å². The third-order valence-corrected chi connectivity index (χ3v) is 6.18. The Bertz CT molecular complexity index is 974. The molecule has 34 heavy (non-hydrogen) atoms. The molecule has 0 heterocycles. The number of alkyl carbamates (subject to hydrolysis) is 1. The monoisotopic (exact) mass is 466 g/mol. The minimum atomic E-state index is -1.08. The van der Waals surface area contributed by atoms with Crippen molar-refractivity contribution in [2.45, 2.75) is 64.5 Å². The Morgan fingerprint density at radius 1 is 0.882 bits per heavy atom. The lowest BCUT2D eigenvalue weighted by molar-refractivity contribution is -0.142. The Labute approximate surface area is 200 Å². The molecule has 0 saturated carbocycles. The molecule has 2 amide bonds. The van der Waals surface area contributed by atoms with Gasteiger partial charge in [-0.2, -0.15) is 0 Å². The predicted octanol–water partition coefficient (Wildman–Crippen LogP) is 4.70. The summed E-state index contributed by atoms with van der Waals surface area (Å²) in [5.41, 5.74) is 4.48. The number of fused-ring (bicyclic) bond motifs is 3. The van der Waals surface area contributed by atoms with Crippen LogP contribution in [0.15, 0.2) is 48.5 Å². The van der Waals surface area contributed by atoms with Crippen molar-refractivity contribution in [3.05, 3.63) is 59.7 Å². The number of carboxylic acids is 1. The van der Waals surface area contributed by atoms with Crippen LogP contribution >= 0.6 is 0 Å². The van der Waals surface area contributed by atoms with Crippen LogP contribution in [-0.2, 0) is 14.3 Å². The molecular formula is C27H34N2O5. The number of carbonyl (C=O) groups excluding carboxylic acids is 2. The zero-order chi connectivity index (χ0) is 24.7. The zero-order valence-corrected chi connectivity index (χ0v) is 20.0. The van der Waals surface area contributed by atoms with Gasteiger partial charge < -0.3 is 20.5 Å². The summed E-state index contributed by atoms with van der Waals surface area (Å²) in [6.45, 7) is 6.04. The standard InChI is InChI=1S/C27H34N2O5/c1-4-9-23(25(30)28-24(26(31)32)15-14-17(2)3)29-27(33)34-16-22-20-12-7-5-10-18(20)19-11-6-8-13-21(19)22/h5-8,10-13,17,22-24H,4,9,14-16H2,1-3H3,(H,28,30)(H,29,33)(H,31,32). The van der Waals surface area contributed by atoms with Gasteiger partial charge >= 0.3 is 12.1 Å². The van der Waals surface area contributed by atoms with Gasteiger partial charge in [0.2, 0.25) is 5.91 Å². The molecule has 0 fully saturated rings. The van der Waals surface area contributed by atoms with Gasteiger partial charge in [-0.05, 0) is 47.4 Å². The Hall–Kier alpha value is -3.35. The molecule has 0 aromatic heterocycles. The first-order valence-electron chi connectivity index (χ1n) is 12.0. The van der Waals surface area contributed by atoms with Crippen LogP contribution in [0.1, 0.15) is 63.5 Å². The summed E-state index contributed by atoms with van der Waals surface area (Å²) in [7, 11) is 0. The van der Waals surface area contributed by atoms with Crippen LogP contribution in [0.5, 0.6) is 0 Å². The highest BCUT2D eigenvalue weighted by atomic mass is 16.5. The number of rotatable bonds is 11. The number of carboxylic acid groups (broad SMARTS) is 1. The van der Waals surface area contributed by atoms with Crippen molar-refractivity contribution in [1.29, 1.82) is 0 Å². The molecule has 7 nitrogen and oxygen atoms in total. The highest BCUT2D eigenvalue weighted by Crippen LogP contribution is 2.44. The van der Waals surface area contributed by atoms with Gasteiger partial charge in [-0.1, -0.05) is 75.7 Å². The lowest BCUT2D eigenvalue weighted by atomic mass is 9.98.